The molecule has 0 fully saturated rings. The Labute approximate surface area is 254 Å². The number of nitrogens with zero attached hydrogens (tertiary/aromatic N) is 4. The van der Waals surface area contributed by atoms with Crippen molar-refractivity contribution in [3.05, 3.63) is 105 Å². The van der Waals surface area contributed by atoms with E-state index in [0.717, 1.165) is 16.9 Å². The molecule has 0 spiro atoms. The van der Waals surface area contributed by atoms with E-state index in [1.165, 1.54) is 0 Å². The monoisotopic (exact) mass is 604 g/mol. The maximum Gasteiger partial charge on any atom is 0.317 e. The van der Waals surface area contributed by atoms with Crippen LogP contribution in [-0.4, -0.2) is 51.8 Å². The van der Waals surface area contributed by atoms with E-state index in [1.54, 1.807) is 41.1 Å². The number of methoxy groups -OCH3 is 1. The molecule has 42 heavy (non-hydrogen) atoms. The first-order valence-corrected chi connectivity index (χ1v) is 14.2. The fourth-order valence-electron chi connectivity index (χ4n) is 4.86. The molecule has 0 saturated carbocycles. The zero-order chi connectivity index (χ0) is 29.8. The Morgan fingerprint density at radius 2 is 1.88 bits per heavy atom. The molecule has 0 bridgehead atoms. The quantitative estimate of drug-likeness (QED) is 0.263. The Kier molecular flexibility index (Phi) is 8.80. The molecule has 1 aliphatic heterocycles. The number of amides is 3. The van der Waals surface area contributed by atoms with E-state index in [0.29, 0.717) is 39.2 Å². The topological polar surface area (TPSA) is 101 Å². The summed E-state index contributed by atoms with van der Waals surface area (Å²) in [5, 5.41) is 11.5. The van der Waals surface area contributed by atoms with Gasteiger partial charge in [0.25, 0.3) is 5.91 Å². The van der Waals surface area contributed by atoms with Crippen molar-refractivity contribution in [1.29, 1.82) is 0 Å². The first-order valence-electron chi connectivity index (χ1n) is 13.5. The van der Waals surface area contributed by atoms with Gasteiger partial charge in [0.15, 0.2) is 5.69 Å². The number of hydrogen-bond acceptors (Lipinski definition) is 5. The molecule has 3 heterocycles. The summed E-state index contributed by atoms with van der Waals surface area (Å²) in [5.74, 6) is 0.333. The SMILES string of the molecule is CCNC(=O)N1CC(=Cc2ccc(OC)cc2)c2c(c(C(=O)NC(C)c3ccccn3)nn2-c2ccc(Cl)cc2Cl)C1. The number of carbonyl (C=O) groups is 2. The molecule has 0 aliphatic carbocycles. The summed E-state index contributed by atoms with van der Waals surface area (Å²) in [6.45, 7) is 4.64. The fraction of sp³-hybridized carbons (Fsp3) is 0.226. The van der Waals surface area contributed by atoms with Crippen molar-refractivity contribution < 1.29 is 14.3 Å². The van der Waals surface area contributed by atoms with Crippen LogP contribution in [0, 0.1) is 0 Å². The summed E-state index contributed by atoms with van der Waals surface area (Å²) in [4.78, 5) is 32.9. The van der Waals surface area contributed by atoms with Gasteiger partial charge in [0.2, 0.25) is 0 Å². The maximum atomic E-state index is 13.8. The lowest BCUT2D eigenvalue weighted by Gasteiger charge is -2.30. The minimum absolute atomic E-state index is 0.174. The van der Waals surface area contributed by atoms with E-state index in [1.807, 2.05) is 62.4 Å². The van der Waals surface area contributed by atoms with Crippen molar-refractivity contribution in [2.24, 2.45) is 0 Å². The Bertz CT molecular complexity index is 1640. The molecule has 5 rings (SSSR count). The lowest BCUT2D eigenvalue weighted by atomic mass is 9.97. The van der Waals surface area contributed by atoms with Gasteiger partial charge >= 0.3 is 6.03 Å². The lowest BCUT2D eigenvalue weighted by molar-refractivity contribution is 0.0931. The highest BCUT2D eigenvalue weighted by Crippen LogP contribution is 2.36. The Morgan fingerprint density at radius 1 is 1.10 bits per heavy atom. The predicted molar refractivity (Wildman–Crippen MR) is 164 cm³/mol. The van der Waals surface area contributed by atoms with E-state index in [4.69, 9.17) is 33.0 Å². The summed E-state index contributed by atoms with van der Waals surface area (Å²) in [5.41, 5.74) is 4.41. The number of rotatable bonds is 7. The van der Waals surface area contributed by atoms with Gasteiger partial charge in [-0.05, 0) is 73.5 Å². The van der Waals surface area contributed by atoms with Crippen LogP contribution < -0.4 is 15.4 Å². The number of fused-ring (bicyclic) bond motifs is 1. The smallest absolute Gasteiger partial charge is 0.317 e. The van der Waals surface area contributed by atoms with Gasteiger partial charge in [0.05, 0.1) is 41.8 Å². The summed E-state index contributed by atoms with van der Waals surface area (Å²) in [6, 6.07) is 17.6. The van der Waals surface area contributed by atoms with Gasteiger partial charge in [-0.25, -0.2) is 9.48 Å². The highest BCUT2D eigenvalue weighted by Gasteiger charge is 2.34. The van der Waals surface area contributed by atoms with Crippen LogP contribution in [0.5, 0.6) is 5.75 Å². The largest absolute Gasteiger partial charge is 0.497 e. The average molecular weight is 606 g/mol. The van der Waals surface area contributed by atoms with Crippen LogP contribution in [0.2, 0.25) is 10.0 Å². The van der Waals surface area contributed by atoms with E-state index in [9.17, 15) is 9.59 Å². The Morgan fingerprint density at radius 3 is 2.55 bits per heavy atom. The van der Waals surface area contributed by atoms with Crippen molar-refractivity contribution in [2.75, 3.05) is 20.2 Å². The molecular weight excluding hydrogens is 575 g/mol. The number of ether oxygens (including phenoxy) is 1. The molecule has 2 aromatic heterocycles. The molecule has 0 radical (unpaired) electrons. The second kappa shape index (κ2) is 12.7. The molecular formula is C31H30Cl2N6O3. The van der Waals surface area contributed by atoms with E-state index in [2.05, 4.69) is 15.6 Å². The summed E-state index contributed by atoms with van der Waals surface area (Å²) in [7, 11) is 1.61. The van der Waals surface area contributed by atoms with E-state index in [-0.39, 0.29) is 30.9 Å². The van der Waals surface area contributed by atoms with Crippen molar-refractivity contribution in [3.63, 3.8) is 0 Å². The minimum atomic E-state index is -0.394. The van der Waals surface area contributed by atoms with E-state index < -0.39 is 5.91 Å². The van der Waals surface area contributed by atoms with Crippen LogP contribution in [0.3, 0.4) is 0 Å². The van der Waals surface area contributed by atoms with Crippen LogP contribution in [0.1, 0.15) is 52.9 Å². The van der Waals surface area contributed by atoms with Crippen LogP contribution in [0.25, 0.3) is 17.3 Å². The molecule has 3 amide bonds. The molecule has 1 aliphatic rings. The number of pyridine rings is 1. The van der Waals surface area contributed by atoms with Gasteiger partial charge < -0.3 is 20.3 Å². The fourth-order valence-corrected chi connectivity index (χ4v) is 5.35. The van der Waals surface area contributed by atoms with Gasteiger partial charge in [0.1, 0.15) is 5.75 Å². The molecule has 216 valence electrons. The van der Waals surface area contributed by atoms with Crippen LogP contribution in [0.4, 0.5) is 4.79 Å². The van der Waals surface area contributed by atoms with Crippen molar-refractivity contribution in [3.8, 4) is 11.4 Å². The minimum Gasteiger partial charge on any atom is -0.497 e. The molecule has 2 aromatic carbocycles. The number of aromatic nitrogens is 3. The zero-order valence-corrected chi connectivity index (χ0v) is 24.9. The molecule has 1 unspecified atom stereocenters. The highest BCUT2D eigenvalue weighted by atomic mass is 35.5. The first kappa shape index (κ1) is 29.2. The number of hydrogen-bond donors (Lipinski definition) is 2. The third-order valence-corrected chi connectivity index (χ3v) is 7.44. The van der Waals surface area contributed by atoms with Crippen LogP contribution in [0.15, 0.2) is 66.9 Å². The summed E-state index contributed by atoms with van der Waals surface area (Å²) >= 11 is 12.9. The van der Waals surface area contributed by atoms with E-state index >= 15 is 0 Å². The summed E-state index contributed by atoms with van der Waals surface area (Å²) in [6.07, 6.45) is 3.65. The summed E-state index contributed by atoms with van der Waals surface area (Å²) < 4.78 is 6.98. The van der Waals surface area contributed by atoms with Crippen molar-refractivity contribution >= 4 is 46.8 Å². The molecule has 4 aromatic rings. The first-order chi connectivity index (χ1) is 20.3. The molecule has 9 nitrogen and oxygen atoms in total. The Hall–Kier alpha value is -4.34. The predicted octanol–water partition coefficient (Wildman–Crippen LogP) is 6.16. The molecule has 0 saturated heterocycles. The zero-order valence-electron chi connectivity index (χ0n) is 23.4. The van der Waals surface area contributed by atoms with Gasteiger partial charge in [-0.3, -0.25) is 9.78 Å². The molecule has 1 atom stereocenters. The van der Waals surface area contributed by atoms with Crippen molar-refractivity contribution in [2.45, 2.75) is 26.4 Å². The van der Waals surface area contributed by atoms with Crippen molar-refractivity contribution in [1.82, 2.24) is 30.3 Å². The molecule has 2 N–H and O–H groups in total. The number of benzene rings is 2. The van der Waals surface area contributed by atoms with Gasteiger partial charge in [0, 0.05) is 29.9 Å². The lowest BCUT2D eigenvalue weighted by Crippen LogP contribution is -2.42. The van der Waals surface area contributed by atoms with Crippen LogP contribution >= 0.6 is 23.2 Å². The standard InChI is InChI=1S/C31H30Cl2N6O3/c1-4-34-31(41)38-17-21(15-20-8-11-23(42-3)12-9-20)29-24(18-38)28(30(40)36-19(2)26-7-5-6-14-35-26)37-39(29)27-13-10-22(32)16-25(27)33/h5-16,19H,4,17-18H2,1-3H3,(H,34,41)(H,36,40). The number of nitrogens with one attached hydrogen (secondary N) is 2. The number of urea groups is 1. The number of halogens is 2. The number of carbonyl (C=O) groups excluding carboxylic acids is 2. The second-order valence-electron chi connectivity index (χ2n) is 9.77. The van der Waals surface area contributed by atoms with Gasteiger partial charge in [-0.1, -0.05) is 41.4 Å². The van der Waals surface area contributed by atoms with Crippen LogP contribution in [-0.2, 0) is 6.54 Å². The Balaban J connectivity index is 1.67. The third kappa shape index (κ3) is 6.12. The second-order valence-corrected chi connectivity index (χ2v) is 10.6. The maximum absolute atomic E-state index is 13.8. The normalized spacial score (nSPS) is 14.3. The highest BCUT2D eigenvalue weighted by molar-refractivity contribution is 6.35. The molecule has 11 heteroatoms. The van der Waals surface area contributed by atoms with Gasteiger partial charge in [-0.15, -0.1) is 0 Å². The van der Waals surface area contributed by atoms with Gasteiger partial charge in [-0.2, -0.15) is 5.10 Å². The average Bonchev–Trinajstić information content (AvgIpc) is 3.38. The third-order valence-electron chi connectivity index (χ3n) is 6.90.